The number of carbonyl (C=O) groups excluding carboxylic acids is 4. The third kappa shape index (κ3) is 6.89. The maximum absolute atomic E-state index is 13.9. The van der Waals surface area contributed by atoms with Gasteiger partial charge in [-0.25, -0.2) is 14.8 Å². The Balaban J connectivity index is 1.22. The van der Waals surface area contributed by atoms with Crippen LogP contribution in [0.2, 0.25) is 5.02 Å². The fraction of sp³-hybridized carbons (Fsp3) is 0.515. The number of likely N-dealkylation sites (tertiary alicyclic amines) is 2. The van der Waals surface area contributed by atoms with Gasteiger partial charge in [-0.2, -0.15) is 0 Å². The minimum absolute atomic E-state index is 0.0456. The summed E-state index contributed by atoms with van der Waals surface area (Å²) in [6, 6.07) is 4.81. The molecule has 1 aromatic carbocycles. The zero-order chi connectivity index (χ0) is 32.4. The zero-order valence-corrected chi connectivity index (χ0v) is 27.3. The van der Waals surface area contributed by atoms with E-state index in [0.29, 0.717) is 47.2 Å². The molecule has 3 aliphatic rings. The average molecular weight is 637 g/mol. The van der Waals surface area contributed by atoms with Crippen molar-refractivity contribution in [3.8, 4) is 0 Å². The number of amides is 3. The number of carbonyl (C=O) groups is 4. The molecular formula is C33H41ClN6O5. The standard InChI is InChI=1S/C33H41ClN6O5/c1-6-45-33(44)23(5)40-18-24(12-29(40)41)31(42)39(27-9-8-20(2)28(34)13-27)11-7-10-37-14-25-16-38(17-26(25)15-37)32(43)30-21(3)35-19-36-22(30)4/h8-9,13,16,19,23-24,26H,6-7,10-12,14-15,17-18H2,1-5H3. The number of aromatic nitrogens is 2. The van der Waals surface area contributed by atoms with Gasteiger partial charge in [-0.3, -0.25) is 19.3 Å². The number of hydrogen-bond acceptors (Lipinski definition) is 8. The largest absolute Gasteiger partial charge is 0.464 e. The first-order valence-electron chi connectivity index (χ1n) is 15.5. The highest BCUT2D eigenvalue weighted by molar-refractivity contribution is 6.31. The third-order valence-electron chi connectivity index (χ3n) is 9.04. The first kappa shape index (κ1) is 32.6. The molecule has 12 heteroatoms. The van der Waals surface area contributed by atoms with E-state index in [2.05, 4.69) is 14.9 Å². The van der Waals surface area contributed by atoms with Crippen LogP contribution in [-0.2, 0) is 19.1 Å². The van der Waals surface area contributed by atoms with E-state index in [4.69, 9.17) is 16.3 Å². The molecule has 1 aromatic heterocycles. The summed E-state index contributed by atoms with van der Waals surface area (Å²) in [6.45, 7) is 12.8. The van der Waals surface area contributed by atoms with E-state index in [9.17, 15) is 19.2 Å². The van der Waals surface area contributed by atoms with Crippen LogP contribution < -0.4 is 4.90 Å². The topological polar surface area (TPSA) is 116 Å². The number of aryl methyl sites for hydroxylation is 3. The van der Waals surface area contributed by atoms with Crippen molar-refractivity contribution in [3.05, 3.63) is 63.8 Å². The third-order valence-corrected chi connectivity index (χ3v) is 9.45. The lowest BCUT2D eigenvalue weighted by Crippen LogP contribution is -2.43. The first-order valence-corrected chi connectivity index (χ1v) is 15.9. The van der Waals surface area contributed by atoms with Gasteiger partial charge in [0.15, 0.2) is 0 Å². The van der Waals surface area contributed by atoms with Crippen molar-refractivity contribution in [2.75, 3.05) is 50.8 Å². The van der Waals surface area contributed by atoms with Crippen LogP contribution in [0.3, 0.4) is 0 Å². The molecule has 3 amide bonds. The molecule has 5 rings (SSSR count). The number of halogens is 1. The molecule has 0 radical (unpaired) electrons. The van der Waals surface area contributed by atoms with Gasteiger partial charge in [-0.05, 0) is 64.3 Å². The molecule has 0 N–H and O–H groups in total. The van der Waals surface area contributed by atoms with Gasteiger partial charge in [0.1, 0.15) is 12.4 Å². The van der Waals surface area contributed by atoms with E-state index < -0.39 is 17.9 Å². The monoisotopic (exact) mass is 636 g/mol. The Morgan fingerprint density at radius 2 is 1.84 bits per heavy atom. The van der Waals surface area contributed by atoms with Gasteiger partial charge in [0, 0.05) is 68.5 Å². The number of anilines is 1. The van der Waals surface area contributed by atoms with E-state index in [1.54, 1.807) is 29.7 Å². The lowest BCUT2D eigenvalue weighted by molar-refractivity contribution is -0.152. The molecule has 0 bridgehead atoms. The predicted molar refractivity (Wildman–Crippen MR) is 170 cm³/mol. The van der Waals surface area contributed by atoms with Crippen molar-refractivity contribution in [1.29, 1.82) is 0 Å². The molecule has 45 heavy (non-hydrogen) atoms. The molecule has 2 aromatic rings. The van der Waals surface area contributed by atoms with Crippen LogP contribution >= 0.6 is 11.6 Å². The molecule has 3 unspecified atom stereocenters. The van der Waals surface area contributed by atoms with Gasteiger partial charge in [0.2, 0.25) is 11.8 Å². The number of fused-ring (bicyclic) bond motifs is 1. The second-order valence-corrected chi connectivity index (χ2v) is 12.6. The number of ether oxygens (including phenoxy) is 1. The molecule has 11 nitrogen and oxygen atoms in total. The van der Waals surface area contributed by atoms with E-state index in [1.165, 1.54) is 16.8 Å². The summed E-state index contributed by atoms with van der Waals surface area (Å²) in [5, 5.41) is 0.566. The van der Waals surface area contributed by atoms with Crippen molar-refractivity contribution >= 4 is 41.0 Å². The maximum atomic E-state index is 13.9. The number of esters is 1. The van der Waals surface area contributed by atoms with Crippen molar-refractivity contribution in [2.45, 2.75) is 53.5 Å². The van der Waals surface area contributed by atoms with Crippen LogP contribution in [0.1, 0.15) is 54.0 Å². The lowest BCUT2D eigenvalue weighted by Gasteiger charge is -2.28. The SMILES string of the molecule is CCOC(=O)C(C)N1CC(C(=O)N(CCCN2CC3=CN(C(=O)c4c(C)ncnc4C)CC3C2)c2ccc(C)c(Cl)c2)CC1=O. The number of benzene rings is 1. The van der Waals surface area contributed by atoms with Gasteiger partial charge in [-0.15, -0.1) is 0 Å². The highest BCUT2D eigenvalue weighted by atomic mass is 35.5. The van der Waals surface area contributed by atoms with Crippen molar-refractivity contribution in [3.63, 3.8) is 0 Å². The van der Waals surface area contributed by atoms with Crippen molar-refractivity contribution < 1.29 is 23.9 Å². The number of nitrogens with zero attached hydrogens (tertiary/aromatic N) is 6. The molecule has 0 spiro atoms. The number of hydrogen-bond donors (Lipinski definition) is 0. The predicted octanol–water partition coefficient (Wildman–Crippen LogP) is 3.55. The van der Waals surface area contributed by atoms with E-state index in [1.807, 2.05) is 39.1 Å². The minimum Gasteiger partial charge on any atom is -0.464 e. The minimum atomic E-state index is -0.748. The molecule has 0 aliphatic carbocycles. The second-order valence-electron chi connectivity index (χ2n) is 12.2. The normalized spacial score (nSPS) is 20.3. The Morgan fingerprint density at radius 3 is 2.51 bits per heavy atom. The van der Waals surface area contributed by atoms with Gasteiger partial charge >= 0.3 is 5.97 Å². The van der Waals surface area contributed by atoms with Crippen molar-refractivity contribution in [2.24, 2.45) is 11.8 Å². The highest BCUT2D eigenvalue weighted by Crippen LogP contribution is 2.32. The average Bonchev–Trinajstić information content (AvgIpc) is 3.69. The smallest absolute Gasteiger partial charge is 0.328 e. The Bertz CT molecular complexity index is 1510. The Kier molecular flexibility index (Phi) is 9.88. The van der Waals surface area contributed by atoms with Crippen LogP contribution in [0.15, 0.2) is 36.3 Å². The van der Waals surface area contributed by atoms with Crippen LogP contribution in [0.5, 0.6) is 0 Å². The lowest BCUT2D eigenvalue weighted by atomic mass is 10.1. The molecule has 2 fully saturated rings. The van der Waals surface area contributed by atoms with Crippen LogP contribution in [0.25, 0.3) is 0 Å². The molecule has 2 saturated heterocycles. The summed E-state index contributed by atoms with van der Waals surface area (Å²) in [4.78, 5) is 68.0. The van der Waals surface area contributed by atoms with Crippen LogP contribution in [0.4, 0.5) is 5.69 Å². The molecule has 3 atom stereocenters. The van der Waals surface area contributed by atoms with Gasteiger partial charge < -0.3 is 19.4 Å². The van der Waals surface area contributed by atoms with Crippen molar-refractivity contribution in [1.82, 2.24) is 24.7 Å². The summed E-state index contributed by atoms with van der Waals surface area (Å²) < 4.78 is 5.10. The quantitative estimate of drug-likeness (QED) is 0.364. The van der Waals surface area contributed by atoms with E-state index >= 15 is 0 Å². The van der Waals surface area contributed by atoms with Gasteiger partial charge in [-0.1, -0.05) is 17.7 Å². The fourth-order valence-electron chi connectivity index (χ4n) is 6.50. The number of rotatable bonds is 10. The first-order chi connectivity index (χ1) is 21.5. The summed E-state index contributed by atoms with van der Waals surface area (Å²) in [5.41, 5.74) is 4.76. The van der Waals surface area contributed by atoms with E-state index in [-0.39, 0.29) is 43.2 Å². The Morgan fingerprint density at radius 1 is 1.11 bits per heavy atom. The molecular weight excluding hydrogens is 596 g/mol. The summed E-state index contributed by atoms with van der Waals surface area (Å²) in [5.74, 6) is -1.23. The Labute approximate surface area is 269 Å². The fourth-order valence-corrected chi connectivity index (χ4v) is 6.68. The van der Waals surface area contributed by atoms with E-state index in [0.717, 1.165) is 25.2 Å². The van der Waals surface area contributed by atoms with Gasteiger partial charge in [0.25, 0.3) is 5.91 Å². The molecule has 4 heterocycles. The van der Waals surface area contributed by atoms with Gasteiger partial charge in [0.05, 0.1) is 29.5 Å². The summed E-state index contributed by atoms with van der Waals surface area (Å²) in [6.07, 6.45) is 4.21. The second kappa shape index (κ2) is 13.7. The van der Waals surface area contributed by atoms with Crippen LogP contribution in [0, 0.1) is 32.6 Å². The molecule has 240 valence electrons. The summed E-state index contributed by atoms with van der Waals surface area (Å²) in [7, 11) is 0. The molecule has 0 saturated carbocycles. The highest BCUT2D eigenvalue weighted by Gasteiger charge is 2.41. The maximum Gasteiger partial charge on any atom is 0.328 e. The van der Waals surface area contributed by atoms with Crippen LogP contribution in [-0.4, -0.2) is 100 Å². The molecule has 3 aliphatic heterocycles. The Hall–Kier alpha value is -3.83. The zero-order valence-electron chi connectivity index (χ0n) is 26.6. The summed E-state index contributed by atoms with van der Waals surface area (Å²) >= 11 is 6.46.